The predicted octanol–water partition coefficient (Wildman–Crippen LogP) is 3.31. The Balaban J connectivity index is 2.14. The first kappa shape index (κ1) is 15.3. The molecule has 21 heavy (non-hydrogen) atoms. The van der Waals surface area contributed by atoms with Crippen LogP contribution in [0.2, 0.25) is 0 Å². The van der Waals surface area contributed by atoms with Crippen LogP contribution in [-0.4, -0.2) is 26.3 Å². The number of thioether (sulfide) groups is 1. The highest BCUT2D eigenvalue weighted by Gasteiger charge is 2.09. The van der Waals surface area contributed by atoms with Crippen molar-refractivity contribution in [3.05, 3.63) is 48.0 Å². The van der Waals surface area contributed by atoms with Crippen LogP contribution in [0.3, 0.4) is 0 Å². The molecule has 3 N–H and O–H groups in total. The number of hydrogen-bond acceptors (Lipinski definition) is 4. The number of carbonyl (C=O) groups is 1. The molecule has 0 aliphatic carbocycles. The van der Waals surface area contributed by atoms with E-state index in [1.807, 2.05) is 55.6 Å². The molecular formula is C16H19N3OS. The zero-order valence-corrected chi connectivity index (χ0v) is 13.2. The van der Waals surface area contributed by atoms with E-state index in [4.69, 9.17) is 5.73 Å². The third-order valence-electron chi connectivity index (χ3n) is 3.12. The highest BCUT2D eigenvalue weighted by atomic mass is 32.2. The van der Waals surface area contributed by atoms with Gasteiger partial charge in [0.15, 0.2) is 0 Å². The summed E-state index contributed by atoms with van der Waals surface area (Å²) in [6.07, 6.45) is 2.02. The number of benzene rings is 2. The number of anilines is 3. The second kappa shape index (κ2) is 6.54. The van der Waals surface area contributed by atoms with Gasteiger partial charge in [-0.25, -0.2) is 0 Å². The van der Waals surface area contributed by atoms with Crippen molar-refractivity contribution in [2.24, 2.45) is 0 Å². The van der Waals surface area contributed by atoms with Gasteiger partial charge >= 0.3 is 0 Å². The second-order valence-electron chi connectivity index (χ2n) is 4.85. The zero-order valence-electron chi connectivity index (χ0n) is 12.4. The Kier molecular flexibility index (Phi) is 4.75. The number of nitrogens with one attached hydrogen (secondary N) is 1. The molecule has 0 bridgehead atoms. The summed E-state index contributed by atoms with van der Waals surface area (Å²) in [4.78, 5) is 15.3. The van der Waals surface area contributed by atoms with Crippen LogP contribution >= 0.6 is 11.8 Å². The van der Waals surface area contributed by atoms with Gasteiger partial charge in [0.2, 0.25) is 0 Å². The second-order valence-corrected chi connectivity index (χ2v) is 5.73. The van der Waals surface area contributed by atoms with E-state index in [0.717, 1.165) is 16.3 Å². The maximum atomic E-state index is 12.2. The quantitative estimate of drug-likeness (QED) is 0.672. The molecule has 5 heteroatoms. The number of nitrogens with zero attached hydrogens (tertiary/aromatic N) is 1. The van der Waals surface area contributed by atoms with Gasteiger partial charge in [0.25, 0.3) is 5.91 Å². The Morgan fingerprint density at radius 2 is 1.81 bits per heavy atom. The van der Waals surface area contributed by atoms with Gasteiger partial charge in [-0.3, -0.25) is 4.79 Å². The van der Waals surface area contributed by atoms with Gasteiger partial charge in [0, 0.05) is 30.2 Å². The van der Waals surface area contributed by atoms with E-state index < -0.39 is 0 Å². The van der Waals surface area contributed by atoms with Crippen molar-refractivity contribution in [1.29, 1.82) is 0 Å². The summed E-state index contributed by atoms with van der Waals surface area (Å²) in [6.45, 7) is 0. The minimum atomic E-state index is -0.163. The highest BCUT2D eigenvalue weighted by Crippen LogP contribution is 2.23. The first-order valence-corrected chi connectivity index (χ1v) is 7.76. The van der Waals surface area contributed by atoms with Gasteiger partial charge in [0.1, 0.15) is 0 Å². The molecule has 0 saturated heterocycles. The Labute approximate surface area is 129 Å². The van der Waals surface area contributed by atoms with Gasteiger partial charge < -0.3 is 16.0 Å². The van der Waals surface area contributed by atoms with E-state index in [0.29, 0.717) is 11.3 Å². The van der Waals surface area contributed by atoms with Crippen LogP contribution in [0.25, 0.3) is 0 Å². The summed E-state index contributed by atoms with van der Waals surface area (Å²) in [5.41, 5.74) is 8.77. The molecule has 0 atom stereocenters. The third-order valence-corrected chi connectivity index (χ3v) is 3.86. The lowest BCUT2D eigenvalue weighted by Gasteiger charge is -2.16. The smallest absolute Gasteiger partial charge is 0.255 e. The monoisotopic (exact) mass is 301 g/mol. The Bertz CT molecular complexity index is 638. The van der Waals surface area contributed by atoms with Gasteiger partial charge in [0.05, 0.1) is 11.4 Å². The maximum absolute atomic E-state index is 12.2. The zero-order chi connectivity index (χ0) is 15.4. The number of rotatable bonds is 4. The molecule has 1 amide bonds. The summed E-state index contributed by atoms with van der Waals surface area (Å²) in [5.74, 6) is -0.163. The molecule has 0 fully saturated rings. The molecule has 2 rings (SSSR count). The topological polar surface area (TPSA) is 58.4 Å². The normalized spacial score (nSPS) is 10.2. The molecule has 110 valence electrons. The average molecular weight is 301 g/mol. The maximum Gasteiger partial charge on any atom is 0.255 e. The Morgan fingerprint density at radius 3 is 2.33 bits per heavy atom. The Morgan fingerprint density at radius 1 is 1.14 bits per heavy atom. The predicted molar refractivity (Wildman–Crippen MR) is 91.4 cm³/mol. The number of nitrogens with two attached hydrogens (primary N) is 1. The van der Waals surface area contributed by atoms with Crippen LogP contribution in [0.4, 0.5) is 17.1 Å². The molecule has 4 nitrogen and oxygen atoms in total. The molecule has 0 aliphatic heterocycles. The molecule has 0 aromatic heterocycles. The van der Waals surface area contributed by atoms with Crippen molar-refractivity contribution in [2.75, 3.05) is 36.3 Å². The summed E-state index contributed by atoms with van der Waals surface area (Å²) in [7, 11) is 3.83. The summed E-state index contributed by atoms with van der Waals surface area (Å²) in [6, 6.07) is 13.1. The molecule has 0 aliphatic rings. The van der Waals surface area contributed by atoms with Gasteiger partial charge in [-0.05, 0) is 48.7 Å². The summed E-state index contributed by atoms with van der Waals surface area (Å²) < 4.78 is 0. The molecule has 0 spiro atoms. The van der Waals surface area contributed by atoms with Crippen LogP contribution in [0, 0.1) is 0 Å². The summed E-state index contributed by atoms with van der Waals surface area (Å²) >= 11 is 1.67. The van der Waals surface area contributed by atoms with Crippen LogP contribution in [-0.2, 0) is 0 Å². The van der Waals surface area contributed by atoms with E-state index in [2.05, 4.69) is 5.32 Å². The SMILES string of the molecule is CSc1ccc(NC(=O)c2ccc(N(C)C)c(N)c2)cc1. The van der Waals surface area contributed by atoms with E-state index in [9.17, 15) is 4.79 Å². The molecule has 2 aromatic carbocycles. The minimum Gasteiger partial charge on any atom is -0.397 e. The van der Waals surface area contributed by atoms with Crippen molar-refractivity contribution in [3.63, 3.8) is 0 Å². The van der Waals surface area contributed by atoms with Crippen molar-refractivity contribution >= 4 is 34.7 Å². The van der Waals surface area contributed by atoms with Crippen LogP contribution in [0.1, 0.15) is 10.4 Å². The van der Waals surface area contributed by atoms with Gasteiger partial charge in [-0.1, -0.05) is 0 Å². The number of carbonyl (C=O) groups excluding carboxylic acids is 1. The lowest BCUT2D eigenvalue weighted by atomic mass is 10.1. The van der Waals surface area contributed by atoms with Crippen molar-refractivity contribution in [2.45, 2.75) is 4.90 Å². The van der Waals surface area contributed by atoms with Crippen LogP contribution in [0.5, 0.6) is 0 Å². The molecule has 0 unspecified atom stereocenters. The van der Waals surface area contributed by atoms with Crippen molar-refractivity contribution < 1.29 is 4.79 Å². The summed E-state index contributed by atoms with van der Waals surface area (Å²) in [5, 5.41) is 2.87. The van der Waals surface area contributed by atoms with Gasteiger partial charge in [-0.2, -0.15) is 0 Å². The molecule has 0 heterocycles. The third kappa shape index (κ3) is 3.70. The van der Waals surface area contributed by atoms with E-state index >= 15 is 0 Å². The van der Waals surface area contributed by atoms with Crippen molar-refractivity contribution in [3.8, 4) is 0 Å². The molecule has 0 radical (unpaired) electrons. The van der Waals surface area contributed by atoms with Crippen LogP contribution in [0.15, 0.2) is 47.4 Å². The first-order valence-electron chi connectivity index (χ1n) is 6.53. The fourth-order valence-electron chi connectivity index (χ4n) is 1.98. The number of amides is 1. The van der Waals surface area contributed by atoms with Gasteiger partial charge in [-0.15, -0.1) is 11.8 Å². The molecular weight excluding hydrogens is 282 g/mol. The van der Waals surface area contributed by atoms with E-state index in [-0.39, 0.29) is 5.91 Å². The average Bonchev–Trinajstić information content (AvgIpc) is 2.47. The highest BCUT2D eigenvalue weighted by molar-refractivity contribution is 7.98. The molecule has 0 saturated carbocycles. The largest absolute Gasteiger partial charge is 0.397 e. The number of hydrogen-bond donors (Lipinski definition) is 2. The van der Waals surface area contributed by atoms with Crippen molar-refractivity contribution in [1.82, 2.24) is 0 Å². The number of nitrogen functional groups attached to an aromatic ring is 1. The fourth-order valence-corrected chi connectivity index (χ4v) is 2.39. The van der Waals surface area contributed by atoms with E-state index in [1.165, 1.54) is 0 Å². The standard InChI is InChI=1S/C16H19N3OS/c1-19(2)15-9-4-11(10-14(15)17)16(20)18-12-5-7-13(21-3)8-6-12/h4-10H,17H2,1-3H3,(H,18,20). The lowest BCUT2D eigenvalue weighted by molar-refractivity contribution is 0.102. The van der Waals surface area contributed by atoms with E-state index in [1.54, 1.807) is 23.9 Å². The Hall–Kier alpha value is -2.14. The first-order chi connectivity index (χ1) is 10.0. The molecule has 2 aromatic rings. The van der Waals surface area contributed by atoms with Crippen LogP contribution < -0.4 is 16.0 Å². The lowest BCUT2D eigenvalue weighted by Crippen LogP contribution is -2.15. The minimum absolute atomic E-state index is 0.163. The fraction of sp³-hybridized carbons (Fsp3) is 0.188.